The first-order valence-electron chi connectivity index (χ1n) is 9.24. The van der Waals surface area contributed by atoms with Crippen molar-refractivity contribution in [2.75, 3.05) is 32.0 Å². The second kappa shape index (κ2) is 9.86. The molecule has 0 heterocycles. The maximum Gasteiger partial charge on any atom is 0.257 e. The molecule has 0 aromatic heterocycles. The van der Waals surface area contributed by atoms with Crippen molar-refractivity contribution in [2.45, 2.75) is 0 Å². The Bertz CT molecular complexity index is 1120. The van der Waals surface area contributed by atoms with E-state index in [0.29, 0.717) is 44.8 Å². The van der Waals surface area contributed by atoms with Gasteiger partial charge in [0.25, 0.3) is 11.8 Å². The lowest BCUT2D eigenvalue weighted by molar-refractivity contribution is 0.101. The molecule has 0 atom stereocenters. The minimum absolute atomic E-state index is 0.337. The van der Waals surface area contributed by atoms with Crippen molar-refractivity contribution < 1.29 is 23.8 Å². The zero-order valence-corrected chi connectivity index (χ0v) is 17.9. The van der Waals surface area contributed by atoms with Crippen LogP contribution in [0.3, 0.4) is 0 Å². The van der Waals surface area contributed by atoms with Crippen molar-refractivity contribution >= 4 is 34.8 Å². The predicted molar refractivity (Wildman–Crippen MR) is 120 cm³/mol. The van der Waals surface area contributed by atoms with Crippen LogP contribution in [-0.2, 0) is 0 Å². The van der Waals surface area contributed by atoms with E-state index in [4.69, 9.17) is 25.8 Å². The number of carbonyl (C=O) groups is 2. The molecule has 0 radical (unpaired) electrons. The lowest BCUT2D eigenvalue weighted by atomic mass is 10.1. The molecule has 0 bridgehead atoms. The van der Waals surface area contributed by atoms with Crippen molar-refractivity contribution in [3.05, 3.63) is 76.8 Å². The number of benzene rings is 3. The van der Waals surface area contributed by atoms with E-state index >= 15 is 0 Å². The summed E-state index contributed by atoms with van der Waals surface area (Å²) in [6, 6.07) is 16.5. The summed E-state index contributed by atoms with van der Waals surface area (Å²) in [7, 11) is 4.50. The van der Waals surface area contributed by atoms with Gasteiger partial charge in [-0.25, -0.2) is 0 Å². The van der Waals surface area contributed by atoms with Crippen LogP contribution < -0.4 is 24.8 Å². The van der Waals surface area contributed by atoms with E-state index in [1.54, 1.807) is 60.7 Å². The molecule has 0 aliphatic rings. The first-order chi connectivity index (χ1) is 15.0. The molecule has 2 N–H and O–H groups in total. The van der Waals surface area contributed by atoms with Crippen molar-refractivity contribution in [3.63, 3.8) is 0 Å². The van der Waals surface area contributed by atoms with Crippen LogP contribution in [0.4, 0.5) is 11.4 Å². The number of hydrogen-bond acceptors (Lipinski definition) is 5. The van der Waals surface area contributed by atoms with Gasteiger partial charge in [0.2, 0.25) is 0 Å². The summed E-state index contributed by atoms with van der Waals surface area (Å²) < 4.78 is 15.8. The van der Waals surface area contributed by atoms with E-state index in [2.05, 4.69) is 10.6 Å². The molecule has 8 heteroatoms. The molecule has 31 heavy (non-hydrogen) atoms. The summed E-state index contributed by atoms with van der Waals surface area (Å²) in [5.41, 5.74) is 1.67. The predicted octanol–water partition coefficient (Wildman–Crippen LogP) is 4.87. The summed E-state index contributed by atoms with van der Waals surface area (Å²) in [6.45, 7) is 0. The quantitative estimate of drug-likeness (QED) is 0.547. The van der Waals surface area contributed by atoms with Crippen molar-refractivity contribution in [2.24, 2.45) is 0 Å². The number of amides is 2. The topological polar surface area (TPSA) is 85.9 Å². The number of carbonyl (C=O) groups excluding carboxylic acids is 2. The van der Waals surface area contributed by atoms with Crippen LogP contribution in [0.15, 0.2) is 60.7 Å². The van der Waals surface area contributed by atoms with E-state index < -0.39 is 0 Å². The molecular formula is C23H21ClN2O5. The summed E-state index contributed by atoms with van der Waals surface area (Å²) in [6.07, 6.45) is 0. The molecule has 0 fully saturated rings. The molecule has 3 rings (SSSR count). The Morgan fingerprint density at radius 1 is 0.742 bits per heavy atom. The summed E-state index contributed by atoms with van der Waals surface area (Å²) in [4.78, 5) is 25.2. The van der Waals surface area contributed by atoms with Gasteiger partial charge in [0, 0.05) is 17.3 Å². The highest BCUT2D eigenvalue weighted by atomic mass is 35.5. The molecule has 3 aromatic rings. The second-order valence-corrected chi connectivity index (χ2v) is 6.78. The minimum atomic E-state index is -0.369. The molecule has 0 aliphatic heterocycles. The zero-order chi connectivity index (χ0) is 22.4. The Kier molecular flexibility index (Phi) is 6.99. The van der Waals surface area contributed by atoms with Gasteiger partial charge in [0.15, 0.2) is 11.5 Å². The standard InChI is InChI=1S/C23H21ClN2O5/c1-29-19-11-8-14(12-21(19)31-3)22(27)25-15-9-10-18(20(13-15)30-2)26-23(28)16-6-4-5-7-17(16)24/h4-13H,1-3H3,(H,25,27)(H,26,28). The molecule has 0 spiro atoms. The third-order valence-corrected chi connectivity index (χ3v) is 4.80. The maximum atomic E-state index is 12.6. The Hall–Kier alpha value is -3.71. The van der Waals surface area contributed by atoms with Gasteiger partial charge in [0.05, 0.1) is 37.6 Å². The highest BCUT2D eigenvalue weighted by Crippen LogP contribution is 2.31. The summed E-state index contributed by atoms with van der Waals surface area (Å²) in [5.74, 6) is 0.650. The molecule has 2 amide bonds. The van der Waals surface area contributed by atoms with Crippen LogP contribution >= 0.6 is 11.6 Å². The first-order valence-corrected chi connectivity index (χ1v) is 9.62. The number of ether oxygens (including phenoxy) is 3. The number of anilines is 2. The number of nitrogens with one attached hydrogen (secondary N) is 2. The van der Waals surface area contributed by atoms with Crippen molar-refractivity contribution in [1.82, 2.24) is 0 Å². The molecule has 160 valence electrons. The van der Waals surface area contributed by atoms with Gasteiger partial charge in [-0.3, -0.25) is 9.59 Å². The molecular weight excluding hydrogens is 420 g/mol. The number of hydrogen-bond donors (Lipinski definition) is 2. The fourth-order valence-corrected chi connectivity index (χ4v) is 3.11. The fraction of sp³-hybridized carbons (Fsp3) is 0.130. The van der Waals surface area contributed by atoms with Crippen LogP contribution in [0, 0.1) is 0 Å². The third kappa shape index (κ3) is 5.07. The Morgan fingerprint density at radius 2 is 1.45 bits per heavy atom. The smallest absolute Gasteiger partial charge is 0.257 e. The lowest BCUT2D eigenvalue weighted by Gasteiger charge is -2.14. The fourth-order valence-electron chi connectivity index (χ4n) is 2.89. The van der Waals surface area contributed by atoms with Gasteiger partial charge >= 0.3 is 0 Å². The highest BCUT2D eigenvalue weighted by molar-refractivity contribution is 6.34. The van der Waals surface area contributed by atoms with E-state index in [1.165, 1.54) is 21.3 Å². The van der Waals surface area contributed by atoms with Crippen LogP contribution in [-0.4, -0.2) is 33.1 Å². The lowest BCUT2D eigenvalue weighted by Crippen LogP contribution is -2.14. The van der Waals surface area contributed by atoms with Crippen LogP contribution in [0.5, 0.6) is 17.2 Å². The third-order valence-electron chi connectivity index (χ3n) is 4.47. The summed E-state index contributed by atoms with van der Waals surface area (Å²) in [5, 5.41) is 5.91. The maximum absolute atomic E-state index is 12.6. The van der Waals surface area contributed by atoms with E-state index in [0.717, 1.165) is 0 Å². The van der Waals surface area contributed by atoms with Crippen LogP contribution in [0.25, 0.3) is 0 Å². The van der Waals surface area contributed by atoms with E-state index in [-0.39, 0.29) is 11.8 Å². The van der Waals surface area contributed by atoms with E-state index in [1.807, 2.05) is 0 Å². The van der Waals surface area contributed by atoms with Gasteiger partial charge < -0.3 is 24.8 Å². The largest absolute Gasteiger partial charge is 0.494 e. The molecule has 0 aliphatic carbocycles. The van der Waals surface area contributed by atoms with Crippen LogP contribution in [0.1, 0.15) is 20.7 Å². The van der Waals surface area contributed by atoms with Gasteiger partial charge in [-0.15, -0.1) is 0 Å². The van der Waals surface area contributed by atoms with Gasteiger partial charge in [-0.05, 0) is 42.5 Å². The van der Waals surface area contributed by atoms with Crippen LogP contribution in [0.2, 0.25) is 5.02 Å². The molecule has 0 unspecified atom stereocenters. The average molecular weight is 441 g/mol. The van der Waals surface area contributed by atoms with Gasteiger partial charge in [-0.1, -0.05) is 23.7 Å². The number of rotatable bonds is 7. The molecule has 0 saturated carbocycles. The first kappa shape index (κ1) is 22.0. The minimum Gasteiger partial charge on any atom is -0.494 e. The Labute approximate surface area is 184 Å². The molecule has 3 aromatic carbocycles. The Balaban J connectivity index is 1.77. The van der Waals surface area contributed by atoms with Crippen molar-refractivity contribution in [3.8, 4) is 17.2 Å². The molecule has 0 saturated heterocycles. The number of halogens is 1. The average Bonchev–Trinajstić information content (AvgIpc) is 2.79. The molecule has 7 nitrogen and oxygen atoms in total. The Morgan fingerprint density at radius 3 is 2.13 bits per heavy atom. The zero-order valence-electron chi connectivity index (χ0n) is 17.2. The van der Waals surface area contributed by atoms with Gasteiger partial charge in [0.1, 0.15) is 5.75 Å². The summed E-state index contributed by atoms with van der Waals surface area (Å²) >= 11 is 6.08. The SMILES string of the molecule is COc1cc(NC(=O)c2ccc(OC)c(OC)c2)ccc1NC(=O)c1ccccc1Cl. The normalized spacial score (nSPS) is 10.2. The van der Waals surface area contributed by atoms with E-state index in [9.17, 15) is 9.59 Å². The monoisotopic (exact) mass is 440 g/mol. The van der Waals surface area contributed by atoms with Crippen molar-refractivity contribution in [1.29, 1.82) is 0 Å². The highest BCUT2D eigenvalue weighted by Gasteiger charge is 2.15. The van der Waals surface area contributed by atoms with Gasteiger partial charge in [-0.2, -0.15) is 0 Å². The second-order valence-electron chi connectivity index (χ2n) is 6.37. The number of methoxy groups -OCH3 is 3.